The number of nitrogens with zero attached hydrogens (tertiary/aromatic N) is 3. The van der Waals surface area contributed by atoms with Crippen molar-refractivity contribution in [2.75, 3.05) is 6.61 Å². The molecular formula is C21H17Br2N3O2. The van der Waals surface area contributed by atoms with E-state index < -0.39 is 0 Å². The summed E-state index contributed by atoms with van der Waals surface area (Å²) in [7, 11) is 0. The van der Waals surface area contributed by atoms with Crippen LogP contribution < -0.4 is 10.3 Å². The molecule has 0 bridgehead atoms. The fourth-order valence-corrected chi connectivity index (χ4v) is 3.43. The van der Waals surface area contributed by atoms with Crippen molar-refractivity contribution in [3.8, 4) is 18.1 Å². The Balaban J connectivity index is 2.12. The molecule has 0 atom stereocenters. The van der Waals surface area contributed by atoms with Gasteiger partial charge >= 0.3 is 0 Å². The van der Waals surface area contributed by atoms with Crippen molar-refractivity contribution in [3.63, 3.8) is 0 Å². The molecular weight excluding hydrogens is 486 g/mol. The minimum Gasteiger partial charge on any atom is -0.480 e. The normalized spacial score (nSPS) is 11.1. The van der Waals surface area contributed by atoms with Gasteiger partial charge in [0.1, 0.15) is 18.2 Å². The molecule has 0 N–H and O–H groups in total. The molecule has 3 aromatic rings. The van der Waals surface area contributed by atoms with E-state index in [0.717, 1.165) is 15.4 Å². The maximum atomic E-state index is 13.0. The van der Waals surface area contributed by atoms with Gasteiger partial charge in [0.05, 0.1) is 17.1 Å². The van der Waals surface area contributed by atoms with Gasteiger partial charge in [-0.15, -0.1) is 6.42 Å². The number of rotatable bonds is 6. The summed E-state index contributed by atoms with van der Waals surface area (Å²) < 4.78 is 8.60. The molecule has 0 radical (unpaired) electrons. The molecule has 0 spiro atoms. The zero-order valence-corrected chi connectivity index (χ0v) is 18.3. The molecule has 7 heteroatoms. The number of aromatic nitrogens is 2. The molecule has 3 rings (SSSR count). The third-order valence-corrected chi connectivity index (χ3v) is 4.93. The first-order valence-electron chi connectivity index (χ1n) is 8.65. The largest absolute Gasteiger partial charge is 0.480 e. The van der Waals surface area contributed by atoms with Crippen LogP contribution in [0.4, 0.5) is 0 Å². The minimum atomic E-state index is -0.216. The number of halogens is 2. The fourth-order valence-electron chi connectivity index (χ4n) is 2.69. The Morgan fingerprint density at radius 1 is 1.25 bits per heavy atom. The summed E-state index contributed by atoms with van der Waals surface area (Å²) >= 11 is 6.85. The van der Waals surface area contributed by atoms with E-state index in [4.69, 9.17) is 11.2 Å². The average Bonchev–Trinajstić information content (AvgIpc) is 2.68. The van der Waals surface area contributed by atoms with Crippen molar-refractivity contribution >= 4 is 49.0 Å². The number of fused-ring (bicyclic) bond motifs is 1. The Morgan fingerprint density at radius 3 is 2.75 bits per heavy atom. The summed E-state index contributed by atoms with van der Waals surface area (Å²) in [6, 6.07) is 11.0. The highest BCUT2D eigenvalue weighted by molar-refractivity contribution is 9.10. The molecule has 5 nitrogen and oxygen atoms in total. The van der Waals surface area contributed by atoms with E-state index in [1.807, 2.05) is 31.2 Å². The molecule has 0 aliphatic carbocycles. The lowest BCUT2D eigenvalue weighted by Gasteiger charge is -2.10. The van der Waals surface area contributed by atoms with Crippen molar-refractivity contribution in [2.24, 2.45) is 5.10 Å². The highest BCUT2D eigenvalue weighted by Crippen LogP contribution is 2.22. The standard InChI is InChI=1S/C21H17Br2N3O2/c1-3-5-20-25-18-8-6-16(23)12-17(18)21(27)26(20)24-13-14-11-15(22)7-9-19(14)28-10-4-2/h2,6-9,11-13H,3,5,10H2,1H3. The Hall–Kier alpha value is -2.43. The molecule has 0 aliphatic rings. The monoisotopic (exact) mass is 501 g/mol. The maximum absolute atomic E-state index is 13.0. The van der Waals surface area contributed by atoms with Crippen LogP contribution in [0.5, 0.6) is 5.75 Å². The van der Waals surface area contributed by atoms with E-state index in [0.29, 0.717) is 34.5 Å². The topological polar surface area (TPSA) is 56.5 Å². The minimum absolute atomic E-state index is 0.148. The lowest BCUT2D eigenvalue weighted by Crippen LogP contribution is -2.22. The van der Waals surface area contributed by atoms with Gasteiger partial charge in [-0.25, -0.2) is 4.98 Å². The van der Waals surface area contributed by atoms with Crippen LogP contribution in [0.15, 0.2) is 55.2 Å². The van der Waals surface area contributed by atoms with Gasteiger partial charge in [-0.3, -0.25) is 4.79 Å². The second kappa shape index (κ2) is 9.18. The lowest BCUT2D eigenvalue weighted by atomic mass is 10.2. The van der Waals surface area contributed by atoms with Gasteiger partial charge in [0.15, 0.2) is 0 Å². The van der Waals surface area contributed by atoms with Crippen LogP contribution in [-0.4, -0.2) is 22.5 Å². The van der Waals surface area contributed by atoms with Crippen LogP contribution in [0.25, 0.3) is 10.9 Å². The second-order valence-electron chi connectivity index (χ2n) is 5.98. The lowest BCUT2D eigenvalue weighted by molar-refractivity contribution is 0.370. The van der Waals surface area contributed by atoms with Gasteiger partial charge in [0.2, 0.25) is 0 Å². The second-order valence-corrected chi connectivity index (χ2v) is 7.81. The fraction of sp³-hybridized carbons (Fsp3) is 0.190. The first kappa shape index (κ1) is 20.3. The summed E-state index contributed by atoms with van der Waals surface area (Å²) in [5.74, 6) is 3.64. The van der Waals surface area contributed by atoms with Crippen LogP contribution in [0, 0.1) is 12.3 Å². The molecule has 142 valence electrons. The molecule has 28 heavy (non-hydrogen) atoms. The highest BCUT2D eigenvalue weighted by atomic mass is 79.9. The average molecular weight is 503 g/mol. The van der Waals surface area contributed by atoms with Gasteiger partial charge in [-0.05, 0) is 42.8 Å². The van der Waals surface area contributed by atoms with Gasteiger partial charge < -0.3 is 4.74 Å². The molecule has 0 unspecified atom stereocenters. The van der Waals surface area contributed by atoms with Gasteiger partial charge in [0.25, 0.3) is 5.56 Å². The van der Waals surface area contributed by atoms with E-state index in [9.17, 15) is 4.79 Å². The third-order valence-electron chi connectivity index (χ3n) is 3.94. The highest BCUT2D eigenvalue weighted by Gasteiger charge is 2.11. The number of ether oxygens (including phenoxy) is 1. The Labute approximate surface area is 179 Å². The predicted molar refractivity (Wildman–Crippen MR) is 119 cm³/mol. The first-order chi connectivity index (χ1) is 13.5. The van der Waals surface area contributed by atoms with Crippen molar-refractivity contribution in [3.05, 3.63) is 67.1 Å². The Bertz CT molecular complexity index is 1150. The van der Waals surface area contributed by atoms with E-state index >= 15 is 0 Å². The summed E-state index contributed by atoms with van der Waals surface area (Å²) in [4.78, 5) is 17.7. The van der Waals surface area contributed by atoms with Crippen LogP contribution in [0.2, 0.25) is 0 Å². The third kappa shape index (κ3) is 4.51. The van der Waals surface area contributed by atoms with E-state index in [1.54, 1.807) is 18.3 Å². The van der Waals surface area contributed by atoms with Crippen molar-refractivity contribution < 1.29 is 4.74 Å². The Morgan fingerprint density at radius 2 is 2.00 bits per heavy atom. The van der Waals surface area contributed by atoms with Crippen molar-refractivity contribution in [2.45, 2.75) is 19.8 Å². The van der Waals surface area contributed by atoms with Crippen LogP contribution >= 0.6 is 31.9 Å². The predicted octanol–water partition coefficient (Wildman–Crippen LogP) is 4.77. The van der Waals surface area contributed by atoms with Gasteiger partial charge in [-0.2, -0.15) is 9.78 Å². The summed E-state index contributed by atoms with van der Waals surface area (Å²) in [5, 5.41) is 4.94. The molecule has 0 saturated carbocycles. The summed E-state index contributed by atoms with van der Waals surface area (Å²) in [6.07, 6.45) is 8.35. The van der Waals surface area contributed by atoms with E-state index in [-0.39, 0.29) is 12.2 Å². The molecule has 1 heterocycles. The first-order valence-corrected chi connectivity index (χ1v) is 10.2. The number of hydrogen-bond donors (Lipinski definition) is 0. The van der Waals surface area contributed by atoms with Crippen molar-refractivity contribution in [1.29, 1.82) is 0 Å². The van der Waals surface area contributed by atoms with Crippen LogP contribution in [-0.2, 0) is 6.42 Å². The molecule has 0 amide bonds. The van der Waals surface area contributed by atoms with Crippen molar-refractivity contribution in [1.82, 2.24) is 9.66 Å². The van der Waals surface area contributed by atoms with Gasteiger partial charge in [0, 0.05) is 20.9 Å². The number of terminal acetylenes is 1. The molecule has 0 fully saturated rings. The molecule has 1 aromatic heterocycles. The number of aryl methyl sites for hydroxylation is 1. The Kier molecular flexibility index (Phi) is 6.65. The van der Waals surface area contributed by atoms with Gasteiger partial charge in [-0.1, -0.05) is 44.7 Å². The molecule has 2 aromatic carbocycles. The van der Waals surface area contributed by atoms with E-state index in [2.05, 4.69) is 47.9 Å². The van der Waals surface area contributed by atoms with Crippen LogP contribution in [0.1, 0.15) is 24.7 Å². The quantitative estimate of drug-likeness (QED) is 0.360. The number of hydrogen-bond acceptors (Lipinski definition) is 4. The molecule has 0 saturated heterocycles. The van der Waals surface area contributed by atoms with E-state index in [1.165, 1.54) is 4.68 Å². The zero-order valence-electron chi connectivity index (χ0n) is 15.2. The zero-order chi connectivity index (χ0) is 20.1. The SMILES string of the molecule is C#CCOc1ccc(Br)cc1C=Nn1c(CCC)nc2ccc(Br)cc2c1=O. The summed E-state index contributed by atoms with van der Waals surface area (Å²) in [6.45, 7) is 2.18. The van der Waals surface area contributed by atoms with Crippen LogP contribution in [0.3, 0.4) is 0 Å². The summed E-state index contributed by atoms with van der Waals surface area (Å²) in [5.41, 5.74) is 1.14. The smallest absolute Gasteiger partial charge is 0.282 e. The maximum Gasteiger partial charge on any atom is 0.282 e. The number of benzene rings is 2. The molecule has 0 aliphatic heterocycles.